The fourth-order valence-corrected chi connectivity index (χ4v) is 5.74. The fraction of sp³-hybridized carbons (Fsp3) is 0.208. The first-order chi connectivity index (χ1) is 16.7. The largest absolute Gasteiger partial charge is 0.504 e. The lowest BCUT2D eigenvalue weighted by Crippen LogP contribution is -2.40. The van der Waals surface area contributed by atoms with Crippen LogP contribution in [0, 0.1) is 3.57 Å². The zero-order valence-corrected chi connectivity index (χ0v) is 22.8. The first kappa shape index (κ1) is 25.3. The number of thiazole rings is 1. The number of esters is 1. The zero-order chi connectivity index (χ0) is 25.4. The Morgan fingerprint density at radius 2 is 1.91 bits per heavy atom. The smallest absolute Gasteiger partial charge is 0.338 e. The summed E-state index contributed by atoms with van der Waals surface area (Å²) in [5.74, 6) is 0.174. The summed E-state index contributed by atoms with van der Waals surface area (Å²) in [6.07, 6.45) is 1.69. The summed E-state index contributed by atoms with van der Waals surface area (Å²) in [5, 5.41) is 10.6. The number of fused-ring (bicyclic) bond motifs is 1. The van der Waals surface area contributed by atoms with Crippen LogP contribution in [0.5, 0.6) is 17.2 Å². The Hall–Kier alpha value is -2.83. The molecule has 35 heavy (non-hydrogen) atoms. The van der Waals surface area contributed by atoms with Gasteiger partial charge in [0.2, 0.25) is 0 Å². The molecule has 1 N–H and O–H groups in total. The van der Waals surface area contributed by atoms with Gasteiger partial charge in [-0.1, -0.05) is 22.9 Å². The quantitative estimate of drug-likeness (QED) is 0.345. The molecule has 0 saturated carbocycles. The van der Waals surface area contributed by atoms with Crippen molar-refractivity contribution in [1.82, 2.24) is 4.57 Å². The fourth-order valence-electron chi connectivity index (χ4n) is 3.89. The highest BCUT2D eigenvalue weighted by Crippen LogP contribution is 2.37. The van der Waals surface area contributed by atoms with Gasteiger partial charge in [-0.15, -0.1) is 0 Å². The van der Waals surface area contributed by atoms with Crippen LogP contribution in [0.15, 0.2) is 51.4 Å². The third-order valence-corrected chi connectivity index (χ3v) is 7.52. The Balaban J connectivity index is 2.02. The van der Waals surface area contributed by atoms with Crippen molar-refractivity contribution in [2.45, 2.75) is 13.0 Å². The third kappa shape index (κ3) is 4.57. The van der Waals surface area contributed by atoms with E-state index < -0.39 is 12.0 Å². The van der Waals surface area contributed by atoms with Gasteiger partial charge in [-0.25, -0.2) is 9.79 Å². The van der Waals surface area contributed by atoms with Crippen LogP contribution in [-0.2, 0) is 9.53 Å². The predicted octanol–water partition coefficient (Wildman–Crippen LogP) is 3.39. The molecule has 2 aromatic carbocycles. The van der Waals surface area contributed by atoms with Crippen molar-refractivity contribution in [2.75, 3.05) is 21.3 Å². The van der Waals surface area contributed by atoms with Crippen LogP contribution < -0.4 is 24.4 Å². The van der Waals surface area contributed by atoms with E-state index in [1.165, 1.54) is 37.2 Å². The number of hydrogen-bond donors (Lipinski definition) is 1. The number of allylic oxidation sites excluding steroid dienone is 1. The number of aromatic nitrogens is 1. The molecule has 4 rings (SSSR count). The molecule has 8 nitrogen and oxygen atoms in total. The first-order valence-corrected chi connectivity index (χ1v) is 12.5. The number of phenols is 1. The van der Waals surface area contributed by atoms with Crippen molar-refractivity contribution in [3.05, 3.63) is 81.0 Å². The van der Waals surface area contributed by atoms with Gasteiger partial charge in [-0.3, -0.25) is 9.36 Å². The van der Waals surface area contributed by atoms with Crippen molar-refractivity contribution in [3.63, 3.8) is 0 Å². The number of methoxy groups -OCH3 is 3. The van der Waals surface area contributed by atoms with E-state index in [1.54, 1.807) is 43.3 Å². The number of carbonyl (C=O) groups excluding carboxylic acids is 1. The number of rotatable bonds is 5. The van der Waals surface area contributed by atoms with Crippen molar-refractivity contribution >= 4 is 57.6 Å². The summed E-state index contributed by atoms with van der Waals surface area (Å²) in [7, 11) is 4.24. The second-order valence-electron chi connectivity index (χ2n) is 7.51. The summed E-state index contributed by atoms with van der Waals surface area (Å²) in [6, 6.07) is 7.53. The van der Waals surface area contributed by atoms with Crippen LogP contribution in [0.3, 0.4) is 0 Å². The average molecular weight is 627 g/mol. The molecule has 11 heteroatoms. The van der Waals surface area contributed by atoms with Gasteiger partial charge in [-0.05, 0) is 71.5 Å². The first-order valence-electron chi connectivity index (χ1n) is 10.2. The number of carbonyl (C=O) groups is 1. The Kier molecular flexibility index (Phi) is 7.25. The molecular weight excluding hydrogens is 607 g/mol. The van der Waals surface area contributed by atoms with Crippen LogP contribution >= 0.6 is 45.5 Å². The number of aromatic hydroxyl groups is 1. The maximum atomic E-state index is 13.7. The number of ether oxygens (including phenoxy) is 3. The van der Waals surface area contributed by atoms with Gasteiger partial charge in [0.05, 0.1) is 40.7 Å². The molecule has 1 aliphatic heterocycles. The van der Waals surface area contributed by atoms with Crippen LogP contribution in [0.4, 0.5) is 0 Å². The molecule has 2 heterocycles. The number of hydrogen-bond acceptors (Lipinski definition) is 8. The zero-order valence-electron chi connectivity index (χ0n) is 19.1. The maximum Gasteiger partial charge on any atom is 0.338 e. The summed E-state index contributed by atoms with van der Waals surface area (Å²) in [5.41, 5.74) is 1.49. The van der Waals surface area contributed by atoms with Crippen molar-refractivity contribution in [2.24, 2.45) is 4.99 Å². The molecule has 0 bridgehead atoms. The van der Waals surface area contributed by atoms with Gasteiger partial charge in [0.1, 0.15) is 11.8 Å². The van der Waals surface area contributed by atoms with Gasteiger partial charge >= 0.3 is 5.97 Å². The van der Waals surface area contributed by atoms with E-state index in [0.717, 1.165) is 0 Å². The average Bonchev–Trinajstić information content (AvgIpc) is 3.14. The summed E-state index contributed by atoms with van der Waals surface area (Å²) in [6.45, 7) is 1.69. The lowest BCUT2D eigenvalue weighted by molar-refractivity contribution is -0.136. The van der Waals surface area contributed by atoms with E-state index in [0.29, 0.717) is 46.2 Å². The molecule has 0 saturated heterocycles. The molecule has 0 radical (unpaired) electrons. The summed E-state index contributed by atoms with van der Waals surface area (Å²) < 4.78 is 18.2. The van der Waals surface area contributed by atoms with Crippen LogP contribution in [-0.4, -0.2) is 37.0 Å². The Morgan fingerprint density at radius 3 is 2.57 bits per heavy atom. The molecule has 0 unspecified atom stereocenters. The van der Waals surface area contributed by atoms with E-state index in [2.05, 4.69) is 4.99 Å². The minimum atomic E-state index is -0.857. The summed E-state index contributed by atoms with van der Waals surface area (Å²) >= 11 is 9.47. The molecule has 3 aromatic rings. The van der Waals surface area contributed by atoms with Gasteiger partial charge < -0.3 is 19.3 Å². The highest BCUT2D eigenvalue weighted by molar-refractivity contribution is 14.1. The molecule has 0 amide bonds. The van der Waals surface area contributed by atoms with E-state index >= 15 is 0 Å². The number of phenolic OH excluding ortho intramolecular Hbond substituents is 1. The minimum Gasteiger partial charge on any atom is -0.504 e. The van der Waals surface area contributed by atoms with Crippen molar-refractivity contribution in [3.8, 4) is 17.2 Å². The minimum absolute atomic E-state index is 0.0260. The SMILES string of the molecule is COC(=O)C1=C(C)N=c2s/c(=C\c3cc(I)c(O)c(OC)c3)c(=O)n2[C@H]1c1cc(Cl)ccc1OC. The van der Waals surface area contributed by atoms with E-state index in [1.807, 2.05) is 22.6 Å². The predicted molar refractivity (Wildman–Crippen MR) is 141 cm³/mol. The molecule has 1 atom stereocenters. The van der Waals surface area contributed by atoms with Crippen molar-refractivity contribution in [1.29, 1.82) is 0 Å². The molecule has 182 valence electrons. The molecule has 1 aromatic heterocycles. The standard InChI is InChI=1S/C24H20ClIN2O6S/c1-11-19(23(31)34-4)20(14-10-13(25)5-6-16(14)32-2)28-22(30)18(35-24(28)27-11)9-12-7-15(26)21(29)17(8-12)33-3/h5-10,20,29H,1-4H3/b18-9-/t20-/m0/s1. The second-order valence-corrected chi connectivity index (χ2v) is 10.1. The highest BCUT2D eigenvalue weighted by atomic mass is 127. The van der Waals surface area contributed by atoms with Crippen molar-refractivity contribution < 1.29 is 24.1 Å². The normalized spacial score (nSPS) is 15.5. The maximum absolute atomic E-state index is 13.7. The monoisotopic (exact) mass is 626 g/mol. The molecular formula is C24H20ClIN2O6S. The van der Waals surface area contributed by atoms with E-state index in [-0.39, 0.29) is 16.9 Å². The van der Waals surface area contributed by atoms with E-state index in [4.69, 9.17) is 25.8 Å². The second kappa shape index (κ2) is 10.0. The molecule has 0 spiro atoms. The lowest BCUT2D eigenvalue weighted by atomic mass is 9.95. The molecule has 0 aliphatic carbocycles. The lowest BCUT2D eigenvalue weighted by Gasteiger charge is -2.25. The highest BCUT2D eigenvalue weighted by Gasteiger charge is 2.35. The van der Waals surface area contributed by atoms with Crippen LogP contribution in [0.1, 0.15) is 24.1 Å². The molecule has 1 aliphatic rings. The third-order valence-electron chi connectivity index (χ3n) is 5.48. The Morgan fingerprint density at radius 1 is 1.20 bits per heavy atom. The van der Waals surface area contributed by atoms with Crippen LogP contribution in [0.2, 0.25) is 5.02 Å². The Bertz CT molecular complexity index is 1560. The van der Waals surface area contributed by atoms with Gasteiger partial charge in [0.25, 0.3) is 5.56 Å². The van der Waals surface area contributed by atoms with E-state index in [9.17, 15) is 14.7 Å². The van der Waals surface area contributed by atoms with Crippen LogP contribution in [0.25, 0.3) is 6.08 Å². The number of nitrogens with zero attached hydrogens (tertiary/aromatic N) is 2. The summed E-state index contributed by atoms with van der Waals surface area (Å²) in [4.78, 5) is 31.5. The Labute approximate surface area is 222 Å². The topological polar surface area (TPSA) is 99.4 Å². The number of benzene rings is 2. The van der Waals surface area contributed by atoms with Gasteiger partial charge in [0.15, 0.2) is 16.3 Å². The van der Waals surface area contributed by atoms with Gasteiger partial charge in [-0.2, -0.15) is 0 Å². The van der Waals surface area contributed by atoms with Gasteiger partial charge in [0, 0.05) is 10.6 Å². The molecule has 0 fully saturated rings. The number of halogens is 2.